The molecule has 0 aliphatic carbocycles. The maximum absolute atomic E-state index is 11.3. The Bertz CT molecular complexity index is 612. The van der Waals surface area contributed by atoms with E-state index in [1.807, 2.05) is 0 Å². The van der Waals surface area contributed by atoms with Gasteiger partial charge < -0.3 is 9.55 Å². The fraction of sp³-hybridized carbons (Fsp3) is 0.111. The zero-order valence-electron chi connectivity index (χ0n) is 7.37. The number of hydrogen-bond acceptors (Lipinski definition) is 2. The first-order valence-corrected chi connectivity index (χ1v) is 4.36. The first-order valence-electron chi connectivity index (χ1n) is 3.98. The maximum atomic E-state index is 11.3. The monoisotopic (exact) mass is 210 g/mol. The van der Waals surface area contributed by atoms with Crippen molar-refractivity contribution in [3.63, 3.8) is 0 Å². The lowest BCUT2D eigenvalue weighted by atomic mass is 10.3. The van der Waals surface area contributed by atoms with Crippen LogP contribution >= 0.6 is 11.6 Å². The minimum Gasteiger partial charge on any atom is -0.316 e. The van der Waals surface area contributed by atoms with Gasteiger partial charge >= 0.3 is 11.1 Å². The summed E-state index contributed by atoms with van der Waals surface area (Å²) in [7, 11) is 1.55. The molecule has 1 aromatic heterocycles. The van der Waals surface area contributed by atoms with Crippen LogP contribution in [0.3, 0.4) is 0 Å². The lowest BCUT2D eigenvalue weighted by Gasteiger charge is -2.03. The lowest BCUT2D eigenvalue weighted by Crippen LogP contribution is -2.34. The number of halogens is 1. The van der Waals surface area contributed by atoms with E-state index in [2.05, 4.69) is 4.98 Å². The largest absolute Gasteiger partial charge is 0.316 e. The van der Waals surface area contributed by atoms with E-state index in [-0.39, 0.29) is 0 Å². The summed E-state index contributed by atoms with van der Waals surface area (Å²) in [5.74, 6) is 0. The van der Waals surface area contributed by atoms with Crippen molar-refractivity contribution in [1.82, 2.24) is 9.55 Å². The summed E-state index contributed by atoms with van der Waals surface area (Å²) >= 11 is 5.75. The molecular weight excluding hydrogens is 204 g/mol. The number of aromatic nitrogens is 2. The van der Waals surface area contributed by atoms with Gasteiger partial charge in [0.25, 0.3) is 0 Å². The van der Waals surface area contributed by atoms with Gasteiger partial charge in [-0.3, -0.25) is 9.59 Å². The predicted octanol–water partition coefficient (Wildman–Crippen LogP) is 0.880. The Labute approximate surface area is 83.8 Å². The van der Waals surface area contributed by atoms with Crippen molar-refractivity contribution in [3.8, 4) is 0 Å². The van der Waals surface area contributed by atoms with Gasteiger partial charge in [-0.05, 0) is 18.2 Å². The Morgan fingerprint density at radius 3 is 2.79 bits per heavy atom. The van der Waals surface area contributed by atoms with E-state index >= 15 is 0 Å². The average molecular weight is 211 g/mol. The Kier molecular flexibility index (Phi) is 1.93. The van der Waals surface area contributed by atoms with Crippen LogP contribution in [0.25, 0.3) is 11.0 Å². The molecule has 14 heavy (non-hydrogen) atoms. The van der Waals surface area contributed by atoms with Gasteiger partial charge in [0.05, 0.1) is 11.0 Å². The van der Waals surface area contributed by atoms with E-state index in [4.69, 9.17) is 11.6 Å². The van der Waals surface area contributed by atoms with E-state index in [0.29, 0.717) is 16.1 Å². The molecule has 0 atom stereocenters. The number of aromatic amines is 1. The number of nitrogens with zero attached hydrogens (tertiary/aromatic N) is 1. The highest BCUT2D eigenvalue weighted by molar-refractivity contribution is 6.31. The van der Waals surface area contributed by atoms with Crippen LogP contribution in [0.5, 0.6) is 0 Å². The number of hydrogen-bond donors (Lipinski definition) is 1. The fourth-order valence-electron chi connectivity index (χ4n) is 1.34. The standard InChI is InChI=1S/C9H7ClN2O2/c1-12-7-3-2-5(10)4-6(7)11-8(13)9(12)14/h2-4H,1H3,(H,11,13). The minimum absolute atomic E-state index is 0.520. The quantitative estimate of drug-likeness (QED) is 0.657. The van der Waals surface area contributed by atoms with Gasteiger partial charge in [0.15, 0.2) is 0 Å². The second-order valence-electron chi connectivity index (χ2n) is 2.98. The Morgan fingerprint density at radius 1 is 1.36 bits per heavy atom. The molecule has 72 valence electrons. The first kappa shape index (κ1) is 9.02. The predicted molar refractivity (Wildman–Crippen MR) is 54.8 cm³/mol. The molecule has 0 aliphatic rings. The summed E-state index contributed by atoms with van der Waals surface area (Å²) in [5.41, 5.74) is 0.00527. The molecule has 5 heteroatoms. The summed E-state index contributed by atoms with van der Waals surface area (Å²) in [6, 6.07) is 4.97. The van der Waals surface area contributed by atoms with Crippen molar-refractivity contribution >= 4 is 22.6 Å². The third-order valence-electron chi connectivity index (χ3n) is 2.07. The Morgan fingerprint density at radius 2 is 2.07 bits per heavy atom. The number of H-pyrrole nitrogens is 1. The molecule has 2 aromatic rings. The molecule has 0 saturated heterocycles. The zero-order chi connectivity index (χ0) is 10.3. The molecule has 0 saturated carbocycles. The minimum atomic E-state index is -0.637. The van der Waals surface area contributed by atoms with Gasteiger partial charge in [0, 0.05) is 12.1 Å². The van der Waals surface area contributed by atoms with Crippen LogP contribution in [0.4, 0.5) is 0 Å². The molecule has 0 bridgehead atoms. The van der Waals surface area contributed by atoms with Gasteiger partial charge in [-0.15, -0.1) is 0 Å². The zero-order valence-corrected chi connectivity index (χ0v) is 8.13. The normalized spacial score (nSPS) is 10.7. The van der Waals surface area contributed by atoms with Crippen molar-refractivity contribution in [2.45, 2.75) is 0 Å². The topological polar surface area (TPSA) is 54.9 Å². The van der Waals surface area contributed by atoms with Gasteiger partial charge in [-0.25, -0.2) is 0 Å². The van der Waals surface area contributed by atoms with Crippen molar-refractivity contribution in [1.29, 1.82) is 0 Å². The van der Waals surface area contributed by atoms with Crippen LogP contribution in [0.2, 0.25) is 5.02 Å². The van der Waals surface area contributed by atoms with Crippen molar-refractivity contribution in [3.05, 3.63) is 43.9 Å². The summed E-state index contributed by atoms with van der Waals surface area (Å²) in [6.45, 7) is 0. The third kappa shape index (κ3) is 1.24. The highest BCUT2D eigenvalue weighted by atomic mass is 35.5. The number of fused-ring (bicyclic) bond motifs is 1. The number of rotatable bonds is 0. The van der Waals surface area contributed by atoms with Crippen LogP contribution in [-0.2, 0) is 7.05 Å². The van der Waals surface area contributed by atoms with Crippen LogP contribution in [-0.4, -0.2) is 9.55 Å². The van der Waals surface area contributed by atoms with Crippen LogP contribution in [0.1, 0.15) is 0 Å². The smallest absolute Gasteiger partial charge is 0.316 e. The molecule has 1 aromatic carbocycles. The molecule has 0 spiro atoms. The van der Waals surface area contributed by atoms with E-state index in [1.54, 1.807) is 25.2 Å². The van der Waals surface area contributed by atoms with Gasteiger partial charge in [-0.1, -0.05) is 11.6 Å². The second kappa shape index (κ2) is 2.99. The summed E-state index contributed by atoms with van der Waals surface area (Å²) in [4.78, 5) is 24.9. The van der Waals surface area contributed by atoms with E-state index in [0.717, 1.165) is 0 Å². The number of benzene rings is 1. The van der Waals surface area contributed by atoms with E-state index < -0.39 is 11.1 Å². The molecule has 0 aliphatic heterocycles. The Balaban J connectivity index is 3.06. The number of nitrogens with one attached hydrogen (secondary N) is 1. The molecule has 0 radical (unpaired) electrons. The van der Waals surface area contributed by atoms with Crippen LogP contribution in [0, 0.1) is 0 Å². The number of aryl methyl sites for hydroxylation is 1. The molecule has 2 rings (SSSR count). The van der Waals surface area contributed by atoms with Crippen molar-refractivity contribution in [2.75, 3.05) is 0 Å². The van der Waals surface area contributed by atoms with E-state index in [1.165, 1.54) is 4.57 Å². The average Bonchev–Trinajstić information content (AvgIpc) is 2.14. The van der Waals surface area contributed by atoms with Gasteiger partial charge in [0.1, 0.15) is 0 Å². The SMILES string of the molecule is Cn1c(=O)c(=O)[nH]c2cc(Cl)ccc21. The Hall–Kier alpha value is -1.55. The molecule has 0 fully saturated rings. The molecule has 1 heterocycles. The summed E-state index contributed by atoms with van der Waals surface area (Å²) in [6.07, 6.45) is 0. The van der Waals surface area contributed by atoms with E-state index in [9.17, 15) is 9.59 Å². The molecule has 0 unspecified atom stereocenters. The molecule has 4 nitrogen and oxygen atoms in total. The fourth-order valence-corrected chi connectivity index (χ4v) is 1.51. The second-order valence-corrected chi connectivity index (χ2v) is 3.42. The molecule has 1 N–H and O–H groups in total. The third-order valence-corrected chi connectivity index (χ3v) is 2.30. The summed E-state index contributed by atoms with van der Waals surface area (Å²) in [5, 5.41) is 0.520. The van der Waals surface area contributed by atoms with Crippen molar-refractivity contribution < 1.29 is 0 Å². The van der Waals surface area contributed by atoms with Gasteiger partial charge in [-0.2, -0.15) is 0 Å². The van der Waals surface area contributed by atoms with Crippen molar-refractivity contribution in [2.24, 2.45) is 7.05 Å². The highest BCUT2D eigenvalue weighted by Crippen LogP contribution is 2.14. The maximum Gasteiger partial charge on any atom is 0.316 e. The highest BCUT2D eigenvalue weighted by Gasteiger charge is 2.03. The summed E-state index contributed by atoms with van der Waals surface area (Å²) < 4.78 is 1.30. The lowest BCUT2D eigenvalue weighted by molar-refractivity contribution is 0.874. The van der Waals surface area contributed by atoms with Gasteiger partial charge in [0.2, 0.25) is 0 Å². The molecular formula is C9H7ClN2O2. The van der Waals surface area contributed by atoms with Crippen LogP contribution in [0.15, 0.2) is 27.8 Å². The van der Waals surface area contributed by atoms with Crippen LogP contribution < -0.4 is 11.1 Å². The first-order chi connectivity index (χ1) is 6.59. The molecule has 0 amide bonds.